The van der Waals surface area contributed by atoms with Crippen molar-refractivity contribution in [3.63, 3.8) is 0 Å². The van der Waals surface area contributed by atoms with Crippen molar-refractivity contribution in [1.82, 2.24) is 5.32 Å². The van der Waals surface area contributed by atoms with E-state index in [1.807, 2.05) is 0 Å². The van der Waals surface area contributed by atoms with E-state index in [0.29, 0.717) is 0 Å². The standard InChI is InChI=1S/C8H15F3N2O2/c1-13-4-6(12)2-5(3-7(14)15)8(9,10)11/h5-6,13H,2-4,12H2,1H3,(H,14,15). The van der Waals surface area contributed by atoms with Crippen molar-refractivity contribution in [2.45, 2.75) is 25.1 Å². The van der Waals surface area contributed by atoms with Gasteiger partial charge >= 0.3 is 12.1 Å². The minimum absolute atomic E-state index is 0.228. The monoisotopic (exact) mass is 228 g/mol. The number of likely N-dealkylation sites (N-methyl/N-ethyl adjacent to an activating group) is 1. The van der Waals surface area contributed by atoms with Crippen LogP contribution in [0, 0.1) is 5.92 Å². The molecular formula is C8H15F3N2O2. The molecule has 0 aromatic heterocycles. The maximum atomic E-state index is 12.3. The predicted octanol–water partition coefficient (Wildman–Crippen LogP) is 0.576. The Morgan fingerprint density at radius 3 is 2.40 bits per heavy atom. The molecule has 0 aliphatic heterocycles. The molecule has 7 heteroatoms. The molecular weight excluding hydrogens is 213 g/mol. The zero-order chi connectivity index (χ0) is 12.1. The molecule has 0 heterocycles. The lowest BCUT2D eigenvalue weighted by atomic mass is 9.96. The lowest BCUT2D eigenvalue weighted by Crippen LogP contribution is -2.38. The Labute approximate surface area is 85.6 Å². The number of carboxylic acid groups (broad SMARTS) is 1. The molecule has 0 radical (unpaired) electrons. The average Bonchev–Trinajstić information content (AvgIpc) is 2.00. The summed E-state index contributed by atoms with van der Waals surface area (Å²) in [7, 11) is 1.57. The largest absolute Gasteiger partial charge is 0.481 e. The Bertz CT molecular complexity index is 209. The lowest BCUT2D eigenvalue weighted by molar-refractivity contribution is -0.185. The molecule has 0 saturated carbocycles. The van der Waals surface area contributed by atoms with E-state index in [4.69, 9.17) is 10.8 Å². The van der Waals surface area contributed by atoms with Crippen LogP contribution in [0.3, 0.4) is 0 Å². The number of rotatable bonds is 6. The average molecular weight is 228 g/mol. The van der Waals surface area contributed by atoms with E-state index in [1.54, 1.807) is 7.05 Å². The summed E-state index contributed by atoms with van der Waals surface area (Å²) in [6.45, 7) is 0.228. The molecule has 4 nitrogen and oxygen atoms in total. The number of carbonyl (C=O) groups is 1. The fourth-order valence-electron chi connectivity index (χ4n) is 1.25. The number of hydrogen-bond donors (Lipinski definition) is 3. The van der Waals surface area contributed by atoms with Gasteiger partial charge in [0, 0.05) is 12.6 Å². The van der Waals surface area contributed by atoms with Crippen LogP contribution in [0.1, 0.15) is 12.8 Å². The Kier molecular flexibility index (Phi) is 5.59. The summed E-state index contributed by atoms with van der Waals surface area (Å²) in [4.78, 5) is 10.2. The number of halogens is 3. The van der Waals surface area contributed by atoms with Crippen molar-refractivity contribution in [1.29, 1.82) is 0 Å². The fraction of sp³-hybridized carbons (Fsp3) is 0.875. The highest BCUT2D eigenvalue weighted by Gasteiger charge is 2.41. The second-order valence-electron chi connectivity index (χ2n) is 3.39. The first-order valence-electron chi connectivity index (χ1n) is 4.46. The zero-order valence-corrected chi connectivity index (χ0v) is 8.34. The van der Waals surface area contributed by atoms with Gasteiger partial charge in [-0.1, -0.05) is 0 Å². The van der Waals surface area contributed by atoms with Gasteiger partial charge in [-0.05, 0) is 13.5 Å². The zero-order valence-electron chi connectivity index (χ0n) is 8.34. The highest BCUT2D eigenvalue weighted by Crippen LogP contribution is 2.32. The Hall–Kier alpha value is -0.820. The molecule has 4 N–H and O–H groups in total. The van der Waals surface area contributed by atoms with Gasteiger partial charge in [-0.15, -0.1) is 0 Å². The quantitative estimate of drug-likeness (QED) is 0.621. The molecule has 0 aliphatic rings. The lowest BCUT2D eigenvalue weighted by Gasteiger charge is -2.21. The summed E-state index contributed by atoms with van der Waals surface area (Å²) < 4.78 is 37.0. The minimum Gasteiger partial charge on any atom is -0.481 e. The Morgan fingerprint density at radius 2 is 2.07 bits per heavy atom. The van der Waals surface area contributed by atoms with Gasteiger partial charge in [0.25, 0.3) is 0 Å². The number of aliphatic carboxylic acids is 1. The molecule has 2 unspecified atom stereocenters. The SMILES string of the molecule is CNCC(N)CC(CC(=O)O)C(F)(F)F. The van der Waals surface area contributed by atoms with E-state index >= 15 is 0 Å². The van der Waals surface area contributed by atoms with E-state index in [1.165, 1.54) is 0 Å². The van der Waals surface area contributed by atoms with Crippen LogP contribution in [-0.4, -0.2) is 36.9 Å². The fourth-order valence-corrected chi connectivity index (χ4v) is 1.25. The third kappa shape index (κ3) is 6.29. The van der Waals surface area contributed by atoms with Crippen molar-refractivity contribution in [2.24, 2.45) is 11.7 Å². The molecule has 0 fully saturated rings. The summed E-state index contributed by atoms with van der Waals surface area (Å²) >= 11 is 0. The van der Waals surface area contributed by atoms with Gasteiger partial charge < -0.3 is 16.2 Å². The van der Waals surface area contributed by atoms with Gasteiger partial charge in [-0.25, -0.2) is 0 Å². The van der Waals surface area contributed by atoms with Gasteiger partial charge in [-0.3, -0.25) is 4.79 Å². The predicted molar refractivity (Wildman–Crippen MR) is 48.3 cm³/mol. The van der Waals surface area contributed by atoms with Crippen LogP contribution in [0.25, 0.3) is 0 Å². The van der Waals surface area contributed by atoms with Crippen molar-refractivity contribution >= 4 is 5.97 Å². The Balaban J connectivity index is 4.31. The summed E-state index contributed by atoms with van der Waals surface area (Å²) in [5, 5.41) is 11.0. The number of carboxylic acids is 1. The first kappa shape index (κ1) is 14.2. The van der Waals surface area contributed by atoms with Crippen LogP contribution in [0.5, 0.6) is 0 Å². The van der Waals surface area contributed by atoms with Crippen LogP contribution < -0.4 is 11.1 Å². The maximum absolute atomic E-state index is 12.3. The molecule has 90 valence electrons. The van der Waals surface area contributed by atoms with Crippen LogP contribution in [0.4, 0.5) is 13.2 Å². The highest BCUT2D eigenvalue weighted by molar-refractivity contribution is 5.67. The summed E-state index contributed by atoms with van der Waals surface area (Å²) in [5.74, 6) is -3.34. The van der Waals surface area contributed by atoms with E-state index < -0.39 is 30.5 Å². The molecule has 15 heavy (non-hydrogen) atoms. The van der Waals surface area contributed by atoms with Crippen molar-refractivity contribution in [3.8, 4) is 0 Å². The first-order chi connectivity index (χ1) is 6.77. The van der Waals surface area contributed by atoms with Gasteiger partial charge in [0.15, 0.2) is 0 Å². The van der Waals surface area contributed by atoms with E-state index in [2.05, 4.69) is 5.32 Å². The van der Waals surface area contributed by atoms with Crippen molar-refractivity contribution < 1.29 is 23.1 Å². The third-order valence-corrected chi connectivity index (χ3v) is 1.94. The second-order valence-corrected chi connectivity index (χ2v) is 3.39. The number of nitrogens with two attached hydrogens (primary N) is 1. The second kappa shape index (κ2) is 5.92. The van der Waals surface area contributed by atoms with Gasteiger partial charge in [0.2, 0.25) is 0 Å². The molecule has 0 saturated heterocycles. The summed E-state index contributed by atoms with van der Waals surface area (Å²) in [5.41, 5.74) is 5.40. The first-order valence-corrected chi connectivity index (χ1v) is 4.46. The molecule has 0 aliphatic carbocycles. The minimum atomic E-state index is -4.51. The summed E-state index contributed by atoms with van der Waals surface area (Å²) in [6.07, 6.45) is -5.82. The molecule has 0 aromatic rings. The van der Waals surface area contributed by atoms with Crippen molar-refractivity contribution in [2.75, 3.05) is 13.6 Å². The number of alkyl halides is 3. The molecule has 0 rings (SSSR count). The maximum Gasteiger partial charge on any atom is 0.392 e. The van der Waals surface area contributed by atoms with Crippen molar-refractivity contribution in [3.05, 3.63) is 0 Å². The van der Waals surface area contributed by atoms with Gasteiger partial charge in [-0.2, -0.15) is 13.2 Å². The van der Waals surface area contributed by atoms with Crippen LogP contribution in [0.2, 0.25) is 0 Å². The Morgan fingerprint density at radius 1 is 1.53 bits per heavy atom. The van der Waals surface area contributed by atoms with E-state index in [-0.39, 0.29) is 13.0 Å². The molecule has 0 aromatic carbocycles. The third-order valence-electron chi connectivity index (χ3n) is 1.94. The molecule has 2 atom stereocenters. The van der Waals surface area contributed by atoms with Gasteiger partial charge in [0.05, 0.1) is 12.3 Å². The number of hydrogen-bond acceptors (Lipinski definition) is 3. The van der Waals surface area contributed by atoms with Gasteiger partial charge in [0.1, 0.15) is 0 Å². The van der Waals surface area contributed by atoms with E-state index in [0.717, 1.165) is 0 Å². The molecule has 0 spiro atoms. The molecule has 0 bridgehead atoms. The van der Waals surface area contributed by atoms with Crippen LogP contribution in [0.15, 0.2) is 0 Å². The molecule has 0 amide bonds. The number of nitrogens with one attached hydrogen (secondary N) is 1. The topological polar surface area (TPSA) is 75.3 Å². The smallest absolute Gasteiger partial charge is 0.392 e. The van der Waals surface area contributed by atoms with Crippen LogP contribution in [-0.2, 0) is 4.79 Å². The normalized spacial score (nSPS) is 16.1. The highest BCUT2D eigenvalue weighted by atomic mass is 19.4. The summed E-state index contributed by atoms with van der Waals surface area (Å²) in [6, 6.07) is -0.694. The van der Waals surface area contributed by atoms with E-state index in [9.17, 15) is 18.0 Å². The van der Waals surface area contributed by atoms with Crippen LogP contribution >= 0.6 is 0 Å².